The van der Waals surface area contributed by atoms with Crippen LogP contribution in [0.15, 0.2) is 89.4 Å². The van der Waals surface area contributed by atoms with E-state index in [-0.39, 0.29) is 5.41 Å². The van der Waals surface area contributed by atoms with Gasteiger partial charge in [-0.25, -0.2) is 0 Å². The Morgan fingerprint density at radius 1 is 0.889 bits per heavy atom. The second-order valence-corrected chi connectivity index (χ2v) is 9.37. The molecule has 0 spiro atoms. The number of hydrogen-bond donors (Lipinski definition) is 0. The van der Waals surface area contributed by atoms with Gasteiger partial charge in [-0.15, -0.1) is 11.3 Å². The van der Waals surface area contributed by atoms with Crippen LogP contribution in [0.4, 0.5) is 0 Å². The first-order valence-electron chi connectivity index (χ1n) is 9.20. The zero-order valence-electron chi connectivity index (χ0n) is 15.1. The molecule has 1 aliphatic carbocycles. The van der Waals surface area contributed by atoms with Gasteiger partial charge < -0.3 is 0 Å². The maximum Gasteiger partial charge on any atom is 0.0396 e. The molecule has 2 heteroatoms. The first kappa shape index (κ1) is 17.0. The summed E-state index contributed by atoms with van der Waals surface area (Å²) in [5.74, 6) is 0. The molecule has 1 atom stereocenters. The van der Waals surface area contributed by atoms with Crippen LogP contribution in [-0.2, 0) is 5.41 Å². The van der Waals surface area contributed by atoms with Gasteiger partial charge in [-0.1, -0.05) is 89.6 Å². The molecule has 132 valence electrons. The van der Waals surface area contributed by atoms with Crippen molar-refractivity contribution in [2.75, 3.05) is 0 Å². The van der Waals surface area contributed by atoms with E-state index in [0.29, 0.717) is 0 Å². The highest BCUT2D eigenvalue weighted by atomic mass is 79.9. The average Bonchev–Trinajstić information content (AvgIpc) is 3.08. The van der Waals surface area contributed by atoms with Crippen LogP contribution in [0.3, 0.4) is 0 Å². The van der Waals surface area contributed by atoms with Crippen LogP contribution in [0.2, 0.25) is 0 Å². The van der Waals surface area contributed by atoms with Crippen LogP contribution < -0.4 is 0 Å². The van der Waals surface area contributed by atoms with Crippen molar-refractivity contribution < 1.29 is 0 Å². The number of rotatable bonds is 2. The van der Waals surface area contributed by atoms with Gasteiger partial charge in [-0.05, 0) is 41.3 Å². The molecule has 0 saturated heterocycles. The number of benzene rings is 3. The lowest BCUT2D eigenvalue weighted by Crippen LogP contribution is -2.20. The van der Waals surface area contributed by atoms with E-state index in [4.69, 9.17) is 0 Å². The van der Waals surface area contributed by atoms with Crippen LogP contribution >= 0.6 is 27.3 Å². The molecule has 0 saturated carbocycles. The van der Waals surface area contributed by atoms with Gasteiger partial charge in [0.1, 0.15) is 0 Å². The number of fused-ring (bicyclic) bond motifs is 3. The maximum atomic E-state index is 3.52. The molecular weight excluding hydrogens is 412 g/mol. The summed E-state index contributed by atoms with van der Waals surface area (Å²) in [4.78, 5) is 0. The predicted octanol–water partition coefficient (Wildman–Crippen LogP) is 8.12. The third kappa shape index (κ3) is 2.88. The van der Waals surface area contributed by atoms with Gasteiger partial charge in [0.15, 0.2) is 0 Å². The first-order chi connectivity index (χ1) is 13.1. The lowest BCUT2D eigenvalue weighted by atomic mass is 9.75. The highest BCUT2D eigenvalue weighted by Crippen LogP contribution is 2.44. The van der Waals surface area contributed by atoms with Crippen molar-refractivity contribution in [2.45, 2.75) is 18.8 Å². The topological polar surface area (TPSA) is 0 Å². The molecule has 0 bridgehead atoms. The largest absolute Gasteiger partial charge is 0.135 e. The minimum absolute atomic E-state index is 0.0270. The van der Waals surface area contributed by atoms with Gasteiger partial charge in [0, 0.05) is 30.1 Å². The zero-order valence-corrected chi connectivity index (χ0v) is 17.5. The summed E-state index contributed by atoms with van der Waals surface area (Å²) in [6.45, 7) is 2.36. The molecule has 1 aliphatic rings. The van der Waals surface area contributed by atoms with Crippen molar-refractivity contribution in [3.63, 3.8) is 0 Å². The summed E-state index contributed by atoms with van der Waals surface area (Å²) in [6, 6.07) is 24.1. The van der Waals surface area contributed by atoms with Gasteiger partial charge in [0.05, 0.1) is 0 Å². The van der Waals surface area contributed by atoms with Crippen molar-refractivity contribution in [3.05, 3.63) is 101 Å². The smallest absolute Gasteiger partial charge is 0.0396 e. The minimum Gasteiger partial charge on any atom is -0.135 e. The molecule has 3 aromatic carbocycles. The Balaban J connectivity index is 1.57. The summed E-state index contributed by atoms with van der Waals surface area (Å²) in [7, 11) is 0. The second kappa shape index (κ2) is 6.47. The summed E-state index contributed by atoms with van der Waals surface area (Å²) < 4.78 is 3.91. The molecule has 0 amide bonds. The molecule has 0 N–H and O–H groups in total. The van der Waals surface area contributed by atoms with Crippen LogP contribution in [0.25, 0.3) is 25.7 Å². The second-order valence-electron chi connectivity index (χ2n) is 7.40. The van der Waals surface area contributed by atoms with Crippen molar-refractivity contribution in [1.29, 1.82) is 0 Å². The zero-order chi connectivity index (χ0) is 18.4. The third-order valence-corrected chi connectivity index (χ3v) is 7.32. The molecule has 0 fully saturated rings. The van der Waals surface area contributed by atoms with Crippen LogP contribution in [0.1, 0.15) is 24.5 Å². The molecule has 5 rings (SSSR count). The molecule has 1 aromatic heterocycles. The summed E-state index contributed by atoms with van der Waals surface area (Å²) in [5, 5.41) is 2.75. The van der Waals surface area contributed by atoms with Crippen molar-refractivity contribution >= 4 is 53.0 Å². The Bertz CT molecular complexity index is 1210. The SMILES string of the molecule is CC1(c2cccc3c2sc2ccccc23)C=CC(c2ccc(Br)cc2)=CC1. The van der Waals surface area contributed by atoms with E-state index in [9.17, 15) is 0 Å². The molecule has 27 heavy (non-hydrogen) atoms. The summed E-state index contributed by atoms with van der Waals surface area (Å²) in [6.07, 6.45) is 8.08. The Labute approximate surface area is 172 Å². The van der Waals surface area contributed by atoms with Gasteiger partial charge in [-0.2, -0.15) is 0 Å². The fourth-order valence-corrected chi connectivity index (χ4v) is 5.60. The third-order valence-electron chi connectivity index (χ3n) is 5.57. The van der Waals surface area contributed by atoms with Crippen molar-refractivity contribution in [2.24, 2.45) is 0 Å². The predicted molar refractivity (Wildman–Crippen MR) is 123 cm³/mol. The monoisotopic (exact) mass is 430 g/mol. The molecule has 1 unspecified atom stereocenters. The minimum atomic E-state index is 0.0270. The average molecular weight is 431 g/mol. The fraction of sp³-hybridized carbons (Fsp3) is 0.120. The van der Waals surface area contributed by atoms with E-state index in [2.05, 4.69) is 108 Å². The molecule has 0 nitrogen and oxygen atoms in total. The lowest BCUT2D eigenvalue weighted by Gasteiger charge is -2.29. The molecule has 0 radical (unpaired) electrons. The standard InChI is InChI=1S/C25H19BrS/c1-25(15-13-18(14-16-25)17-9-11-19(26)12-10-17)22-7-4-6-21-20-5-2-3-8-23(20)27-24(21)22/h2-15H,16H2,1H3. The normalized spacial score (nSPS) is 19.6. The van der Waals surface area contributed by atoms with E-state index >= 15 is 0 Å². The number of allylic oxidation sites excluding steroid dienone is 4. The Morgan fingerprint density at radius 3 is 2.44 bits per heavy atom. The Hall–Kier alpha value is -2.16. The van der Waals surface area contributed by atoms with Crippen LogP contribution in [0, 0.1) is 0 Å². The van der Waals surface area contributed by atoms with Crippen molar-refractivity contribution in [3.8, 4) is 0 Å². The highest BCUT2D eigenvalue weighted by Gasteiger charge is 2.28. The number of hydrogen-bond acceptors (Lipinski definition) is 1. The van der Waals surface area contributed by atoms with Gasteiger partial charge in [-0.3, -0.25) is 0 Å². The van der Waals surface area contributed by atoms with Crippen LogP contribution in [0.5, 0.6) is 0 Å². The fourth-order valence-electron chi connectivity index (χ4n) is 3.98. The molecule has 1 heterocycles. The quantitative estimate of drug-likeness (QED) is 0.301. The Morgan fingerprint density at radius 2 is 1.67 bits per heavy atom. The van der Waals surface area contributed by atoms with E-state index in [1.165, 1.54) is 36.9 Å². The van der Waals surface area contributed by atoms with Crippen LogP contribution in [-0.4, -0.2) is 0 Å². The van der Waals surface area contributed by atoms with E-state index in [1.54, 1.807) is 0 Å². The van der Waals surface area contributed by atoms with Gasteiger partial charge in [0.25, 0.3) is 0 Å². The number of thiophene rings is 1. The van der Waals surface area contributed by atoms with E-state index in [1.807, 2.05) is 11.3 Å². The van der Waals surface area contributed by atoms with E-state index in [0.717, 1.165) is 10.9 Å². The number of halogens is 1. The van der Waals surface area contributed by atoms with E-state index < -0.39 is 0 Å². The summed E-state index contributed by atoms with van der Waals surface area (Å²) in [5.41, 5.74) is 4.04. The van der Waals surface area contributed by atoms with Crippen molar-refractivity contribution in [1.82, 2.24) is 0 Å². The first-order valence-corrected chi connectivity index (χ1v) is 10.8. The molecule has 4 aromatic rings. The highest BCUT2D eigenvalue weighted by molar-refractivity contribution is 9.10. The summed E-state index contributed by atoms with van der Waals surface area (Å²) >= 11 is 5.44. The van der Waals surface area contributed by atoms with Gasteiger partial charge >= 0.3 is 0 Å². The lowest BCUT2D eigenvalue weighted by molar-refractivity contribution is 0.608. The molecule has 0 aliphatic heterocycles. The maximum absolute atomic E-state index is 3.52. The molecular formula is C25H19BrS. The van der Waals surface area contributed by atoms with Gasteiger partial charge in [0.2, 0.25) is 0 Å². The Kier molecular flexibility index (Phi) is 4.07.